The number of carbonyl (C=O) groups is 1. The first-order valence-corrected chi connectivity index (χ1v) is 6.69. The number of esters is 1. The molecule has 0 aromatic carbocycles. The van der Waals surface area contributed by atoms with Gasteiger partial charge in [-0.3, -0.25) is 4.90 Å². The third-order valence-corrected chi connectivity index (χ3v) is 3.43. The van der Waals surface area contributed by atoms with Crippen molar-refractivity contribution in [2.75, 3.05) is 19.6 Å². The number of aromatic nitrogens is 1. The van der Waals surface area contributed by atoms with Crippen LogP contribution in [0.25, 0.3) is 0 Å². The lowest BCUT2D eigenvalue weighted by Gasteiger charge is -2.31. The maximum Gasteiger partial charge on any atom is 0.358 e. The quantitative estimate of drug-likeness (QED) is 0.789. The lowest BCUT2D eigenvalue weighted by molar-refractivity contribution is 0.00184. The first-order valence-electron chi connectivity index (χ1n) is 5.75. The molecule has 2 heterocycles. The van der Waals surface area contributed by atoms with Crippen molar-refractivity contribution >= 4 is 17.3 Å². The Morgan fingerprint density at radius 2 is 2.28 bits per heavy atom. The Hall–Kier alpha value is -1.08. The Bertz CT molecular complexity index is 378. The highest BCUT2D eigenvalue weighted by atomic mass is 32.1. The van der Waals surface area contributed by atoms with Crippen molar-refractivity contribution in [3.05, 3.63) is 16.6 Å². The second-order valence-electron chi connectivity index (χ2n) is 4.17. The first kappa shape index (κ1) is 13.4. The molecule has 18 heavy (non-hydrogen) atoms. The maximum atomic E-state index is 12.2. The number of piperidine rings is 1. The fraction of sp³-hybridized carbons (Fsp3) is 0.636. The number of hydrogen-bond acceptors (Lipinski definition) is 5. The number of nitrogens with zero attached hydrogens (tertiary/aromatic N) is 2. The lowest BCUT2D eigenvalue weighted by atomic mass is 10.1. The van der Waals surface area contributed by atoms with Gasteiger partial charge in [0.05, 0.1) is 12.1 Å². The lowest BCUT2D eigenvalue weighted by Crippen LogP contribution is -2.40. The van der Waals surface area contributed by atoms with E-state index in [-0.39, 0.29) is 12.6 Å². The van der Waals surface area contributed by atoms with Crippen LogP contribution in [0.1, 0.15) is 23.3 Å². The normalized spacial score (nSPS) is 18.2. The van der Waals surface area contributed by atoms with Gasteiger partial charge in [0, 0.05) is 18.5 Å². The Balaban J connectivity index is 1.75. The summed E-state index contributed by atoms with van der Waals surface area (Å²) in [6.07, 6.45) is -1.29. The summed E-state index contributed by atoms with van der Waals surface area (Å²) >= 11 is 1.33. The monoisotopic (exact) mass is 276 g/mol. The van der Waals surface area contributed by atoms with Gasteiger partial charge in [-0.2, -0.15) is 0 Å². The van der Waals surface area contributed by atoms with Crippen LogP contribution >= 0.6 is 11.3 Å². The molecule has 1 aliphatic heterocycles. The van der Waals surface area contributed by atoms with E-state index in [0.29, 0.717) is 31.6 Å². The largest absolute Gasteiger partial charge is 0.458 e. The molecule has 1 saturated heterocycles. The number of hydrogen-bond donors (Lipinski definition) is 0. The summed E-state index contributed by atoms with van der Waals surface area (Å²) in [4.78, 5) is 17.2. The Morgan fingerprint density at radius 1 is 1.56 bits per heavy atom. The van der Waals surface area contributed by atoms with Crippen molar-refractivity contribution in [1.82, 2.24) is 9.88 Å². The van der Waals surface area contributed by atoms with Gasteiger partial charge in [-0.15, -0.1) is 11.3 Å². The number of rotatable bonds is 4. The van der Waals surface area contributed by atoms with Crippen LogP contribution in [-0.4, -0.2) is 48.0 Å². The Morgan fingerprint density at radius 3 is 2.83 bits per heavy atom. The molecule has 0 atom stereocenters. The van der Waals surface area contributed by atoms with Crippen molar-refractivity contribution in [3.8, 4) is 0 Å². The van der Waals surface area contributed by atoms with E-state index in [1.165, 1.54) is 11.3 Å². The number of carbonyl (C=O) groups excluding carboxylic acids is 1. The standard InChI is InChI=1S/C11H14F2N2O2S/c12-10(13)5-15-3-1-8(2-4-15)17-11(16)9-6-18-7-14-9/h6-8,10H,1-5H2. The second-order valence-corrected chi connectivity index (χ2v) is 4.89. The van der Waals surface area contributed by atoms with Gasteiger partial charge in [-0.1, -0.05) is 0 Å². The first-order chi connectivity index (χ1) is 8.65. The van der Waals surface area contributed by atoms with Crippen LogP contribution in [0.5, 0.6) is 0 Å². The van der Waals surface area contributed by atoms with Crippen LogP contribution in [0.15, 0.2) is 10.9 Å². The summed E-state index contributed by atoms with van der Waals surface area (Å²) in [5, 5.41) is 1.63. The molecule has 0 aliphatic carbocycles. The second kappa shape index (κ2) is 6.19. The van der Waals surface area contributed by atoms with E-state index in [4.69, 9.17) is 4.74 Å². The van der Waals surface area contributed by atoms with Crippen molar-refractivity contribution in [2.24, 2.45) is 0 Å². The molecule has 0 radical (unpaired) electrons. The van der Waals surface area contributed by atoms with E-state index in [1.54, 1.807) is 15.8 Å². The number of ether oxygens (including phenoxy) is 1. The molecule has 1 aromatic rings. The Labute approximate surface area is 108 Å². The van der Waals surface area contributed by atoms with E-state index < -0.39 is 12.4 Å². The predicted molar refractivity (Wildman–Crippen MR) is 63.0 cm³/mol. The molecular formula is C11H14F2N2O2S. The number of likely N-dealkylation sites (tertiary alicyclic amines) is 1. The van der Waals surface area contributed by atoms with E-state index in [0.717, 1.165) is 0 Å². The fourth-order valence-electron chi connectivity index (χ4n) is 1.93. The molecule has 7 heteroatoms. The third-order valence-electron chi connectivity index (χ3n) is 2.85. The van der Waals surface area contributed by atoms with Crippen molar-refractivity contribution < 1.29 is 18.3 Å². The maximum absolute atomic E-state index is 12.2. The van der Waals surface area contributed by atoms with Gasteiger partial charge in [-0.05, 0) is 12.8 Å². The minimum Gasteiger partial charge on any atom is -0.458 e. The SMILES string of the molecule is O=C(OC1CCN(CC(F)F)CC1)c1cscn1. The molecular weight excluding hydrogens is 262 g/mol. The summed E-state index contributed by atoms with van der Waals surface area (Å²) in [6.45, 7) is 0.880. The molecule has 0 spiro atoms. The number of alkyl halides is 2. The minimum absolute atomic E-state index is 0.187. The van der Waals surface area contributed by atoms with E-state index >= 15 is 0 Å². The third kappa shape index (κ3) is 3.71. The summed E-state index contributed by atoms with van der Waals surface area (Å²) in [6, 6.07) is 0. The van der Waals surface area contributed by atoms with Crippen molar-refractivity contribution in [2.45, 2.75) is 25.4 Å². The van der Waals surface area contributed by atoms with Crippen molar-refractivity contribution in [3.63, 3.8) is 0 Å². The molecule has 0 bridgehead atoms. The van der Waals surface area contributed by atoms with Gasteiger partial charge < -0.3 is 4.74 Å². The van der Waals surface area contributed by atoms with E-state index in [2.05, 4.69) is 4.98 Å². The van der Waals surface area contributed by atoms with Crippen LogP contribution in [0.4, 0.5) is 8.78 Å². The zero-order valence-electron chi connectivity index (χ0n) is 9.72. The fourth-order valence-corrected chi connectivity index (χ4v) is 2.45. The van der Waals surface area contributed by atoms with Gasteiger partial charge >= 0.3 is 5.97 Å². The highest BCUT2D eigenvalue weighted by Crippen LogP contribution is 2.16. The number of thiazole rings is 1. The molecule has 0 unspecified atom stereocenters. The van der Waals surface area contributed by atoms with Gasteiger partial charge in [0.1, 0.15) is 6.10 Å². The van der Waals surface area contributed by atoms with Gasteiger partial charge in [0.2, 0.25) is 0 Å². The van der Waals surface area contributed by atoms with E-state index in [9.17, 15) is 13.6 Å². The predicted octanol–water partition coefficient (Wildman–Crippen LogP) is 2.03. The van der Waals surface area contributed by atoms with Crippen LogP contribution in [0.3, 0.4) is 0 Å². The molecule has 1 fully saturated rings. The molecule has 100 valence electrons. The Kier molecular flexibility index (Phi) is 4.60. The summed E-state index contributed by atoms with van der Waals surface area (Å²) in [5.74, 6) is -0.427. The van der Waals surface area contributed by atoms with Crippen LogP contribution in [0, 0.1) is 0 Å². The summed E-state index contributed by atoms with van der Waals surface area (Å²) in [5.41, 5.74) is 1.89. The van der Waals surface area contributed by atoms with Crippen LogP contribution < -0.4 is 0 Å². The van der Waals surface area contributed by atoms with Gasteiger partial charge in [0.15, 0.2) is 5.69 Å². The van der Waals surface area contributed by atoms with Crippen LogP contribution in [0.2, 0.25) is 0 Å². The molecule has 2 rings (SSSR count). The van der Waals surface area contributed by atoms with Crippen LogP contribution in [-0.2, 0) is 4.74 Å². The molecule has 0 saturated carbocycles. The zero-order chi connectivity index (χ0) is 13.0. The highest BCUT2D eigenvalue weighted by Gasteiger charge is 2.24. The minimum atomic E-state index is -2.31. The topological polar surface area (TPSA) is 42.4 Å². The smallest absolute Gasteiger partial charge is 0.358 e. The molecule has 4 nitrogen and oxygen atoms in total. The van der Waals surface area contributed by atoms with Crippen molar-refractivity contribution in [1.29, 1.82) is 0 Å². The number of halogens is 2. The molecule has 0 amide bonds. The highest BCUT2D eigenvalue weighted by molar-refractivity contribution is 7.07. The van der Waals surface area contributed by atoms with E-state index in [1.807, 2.05) is 0 Å². The zero-order valence-corrected chi connectivity index (χ0v) is 10.5. The average molecular weight is 276 g/mol. The average Bonchev–Trinajstić information content (AvgIpc) is 2.84. The molecule has 0 N–H and O–H groups in total. The summed E-state index contributed by atoms with van der Waals surface area (Å²) < 4.78 is 29.6. The molecule has 1 aliphatic rings. The summed E-state index contributed by atoms with van der Waals surface area (Å²) in [7, 11) is 0. The molecule has 1 aromatic heterocycles. The van der Waals surface area contributed by atoms with Gasteiger partial charge in [-0.25, -0.2) is 18.6 Å². The van der Waals surface area contributed by atoms with Gasteiger partial charge in [0.25, 0.3) is 6.43 Å².